The summed E-state index contributed by atoms with van der Waals surface area (Å²) in [5.74, 6) is -0.890. The summed E-state index contributed by atoms with van der Waals surface area (Å²) in [6, 6.07) is 7.02. The number of hydrogen-bond donors (Lipinski definition) is 0. The Hall–Kier alpha value is -1.78. The average molecular weight is 297 g/mol. The van der Waals surface area contributed by atoms with Crippen LogP contribution in [0.4, 0.5) is 4.39 Å². The Labute approximate surface area is 117 Å². The highest BCUT2D eigenvalue weighted by molar-refractivity contribution is 6.36. The van der Waals surface area contributed by atoms with E-state index in [0.717, 1.165) is 0 Å². The molecule has 0 amide bonds. The number of aromatic nitrogens is 1. The largest absolute Gasteiger partial charge is 0.354 e. The number of fused-ring (bicyclic) bond motifs is 1. The van der Waals surface area contributed by atoms with Gasteiger partial charge in [0.1, 0.15) is 16.5 Å². The van der Waals surface area contributed by atoms with Crippen molar-refractivity contribution >= 4 is 34.2 Å². The van der Waals surface area contributed by atoms with Crippen LogP contribution in [0.3, 0.4) is 0 Å². The fourth-order valence-corrected chi connectivity index (χ4v) is 2.19. The summed E-state index contributed by atoms with van der Waals surface area (Å²) in [6.45, 7) is 0. The second kappa shape index (κ2) is 4.40. The lowest BCUT2D eigenvalue weighted by Crippen LogP contribution is -1.84. The van der Waals surface area contributed by atoms with Crippen LogP contribution in [0.2, 0.25) is 10.0 Å². The van der Waals surface area contributed by atoms with Crippen LogP contribution in [-0.4, -0.2) is 5.16 Å². The van der Waals surface area contributed by atoms with Gasteiger partial charge in [-0.2, -0.15) is 0 Å². The third kappa shape index (κ3) is 1.93. The summed E-state index contributed by atoms with van der Waals surface area (Å²) in [6.07, 6.45) is 0. The van der Waals surface area contributed by atoms with Crippen LogP contribution in [0.15, 0.2) is 34.9 Å². The van der Waals surface area contributed by atoms with Gasteiger partial charge in [-0.1, -0.05) is 28.4 Å². The number of nitrogens with zero attached hydrogens (tertiary/aromatic N) is 1. The molecule has 0 atom stereocenters. The predicted molar refractivity (Wildman–Crippen MR) is 69.6 cm³/mol. The highest BCUT2D eigenvalue weighted by atomic mass is 35.5. The van der Waals surface area contributed by atoms with Gasteiger partial charge in [0.15, 0.2) is 5.58 Å². The lowest BCUT2D eigenvalue weighted by molar-refractivity contribution is 0.354. The first-order chi connectivity index (χ1) is 9.08. The van der Waals surface area contributed by atoms with Crippen molar-refractivity contribution in [1.29, 1.82) is 0 Å². The quantitative estimate of drug-likeness (QED) is 0.628. The van der Waals surface area contributed by atoms with E-state index in [4.69, 9.17) is 27.7 Å². The lowest BCUT2D eigenvalue weighted by Gasteiger charge is -2.00. The second-order valence-corrected chi connectivity index (χ2v) is 4.72. The minimum absolute atomic E-state index is 0.0642. The van der Waals surface area contributed by atoms with Crippen molar-refractivity contribution < 1.29 is 14.0 Å². The fraction of sp³-hybridized carbons (Fsp3) is 0. The van der Waals surface area contributed by atoms with Crippen LogP contribution in [0.5, 0.6) is 5.75 Å². The van der Waals surface area contributed by atoms with Gasteiger partial charge in [0.2, 0.25) is 5.75 Å². The Morgan fingerprint density at radius 3 is 2.68 bits per heavy atom. The summed E-state index contributed by atoms with van der Waals surface area (Å²) in [5, 5.41) is 15.9. The molecule has 1 heterocycles. The topological polar surface area (TPSA) is 45.9 Å². The monoisotopic (exact) mass is 296 g/mol. The maximum Gasteiger partial charge on any atom is 0.201 e. The second-order valence-electron chi connectivity index (χ2n) is 3.91. The molecule has 1 aromatic heterocycles. The maximum absolute atomic E-state index is 13.9. The molecule has 0 saturated carbocycles. The molecule has 0 aliphatic carbocycles. The zero-order valence-corrected chi connectivity index (χ0v) is 10.8. The van der Waals surface area contributed by atoms with Crippen LogP contribution >= 0.6 is 23.2 Å². The van der Waals surface area contributed by atoms with E-state index in [-0.39, 0.29) is 32.6 Å². The molecule has 0 aliphatic rings. The van der Waals surface area contributed by atoms with Crippen molar-refractivity contribution in [3.05, 3.63) is 46.2 Å². The standard InChI is InChI=1S/C13H5Cl2FNO2/c14-6-1-2-7(9(16)5-6)12-8-3-4-10(18)11(15)13(8)19-17-12/h1-5H. The van der Waals surface area contributed by atoms with Gasteiger partial charge in [-0.15, -0.1) is 0 Å². The van der Waals surface area contributed by atoms with Crippen LogP contribution in [0, 0.1) is 5.82 Å². The van der Waals surface area contributed by atoms with Gasteiger partial charge in [-0.25, -0.2) is 4.39 Å². The fourth-order valence-electron chi connectivity index (χ4n) is 1.83. The molecule has 95 valence electrons. The Kier molecular flexibility index (Phi) is 2.84. The molecular weight excluding hydrogens is 292 g/mol. The van der Waals surface area contributed by atoms with E-state index in [2.05, 4.69) is 5.16 Å². The molecule has 2 aromatic carbocycles. The van der Waals surface area contributed by atoms with Crippen LogP contribution in [-0.2, 0) is 5.11 Å². The molecule has 0 N–H and O–H groups in total. The molecule has 0 fully saturated rings. The van der Waals surface area contributed by atoms with E-state index in [1.165, 1.54) is 24.3 Å². The molecule has 0 unspecified atom stereocenters. The van der Waals surface area contributed by atoms with E-state index < -0.39 is 5.82 Å². The Balaban J connectivity index is 2.29. The highest BCUT2D eigenvalue weighted by Crippen LogP contribution is 2.38. The van der Waals surface area contributed by atoms with Gasteiger partial charge in [-0.3, -0.25) is 5.11 Å². The smallest absolute Gasteiger partial charge is 0.201 e. The first-order valence-electron chi connectivity index (χ1n) is 5.28. The van der Waals surface area contributed by atoms with Crippen LogP contribution in [0.25, 0.3) is 22.2 Å². The van der Waals surface area contributed by atoms with Gasteiger partial charge in [-0.05, 0) is 30.3 Å². The Morgan fingerprint density at radius 1 is 1.16 bits per heavy atom. The maximum atomic E-state index is 13.9. The Morgan fingerprint density at radius 2 is 1.95 bits per heavy atom. The molecular formula is C13H5Cl2FNO2. The number of rotatable bonds is 1. The zero-order valence-electron chi connectivity index (χ0n) is 9.28. The molecule has 0 spiro atoms. The van der Waals surface area contributed by atoms with Crippen LogP contribution in [0.1, 0.15) is 0 Å². The molecule has 1 radical (unpaired) electrons. The van der Waals surface area contributed by atoms with Crippen molar-refractivity contribution in [1.82, 2.24) is 5.16 Å². The Bertz CT molecular complexity index is 786. The zero-order chi connectivity index (χ0) is 13.6. The molecule has 0 bridgehead atoms. The molecule has 3 nitrogen and oxygen atoms in total. The van der Waals surface area contributed by atoms with E-state index >= 15 is 0 Å². The lowest BCUT2D eigenvalue weighted by atomic mass is 10.1. The van der Waals surface area contributed by atoms with E-state index in [9.17, 15) is 9.50 Å². The summed E-state index contributed by atoms with van der Waals surface area (Å²) in [5.41, 5.74) is 0.669. The van der Waals surface area contributed by atoms with Crippen molar-refractivity contribution in [3.63, 3.8) is 0 Å². The minimum atomic E-state index is -0.523. The minimum Gasteiger partial charge on any atom is -0.354 e. The summed E-state index contributed by atoms with van der Waals surface area (Å²) >= 11 is 11.5. The normalized spacial score (nSPS) is 11.1. The van der Waals surface area contributed by atoms with E-state index in [1.54, 1.807) is 6.07 Å². The van der Waals surface area contributed by atoms with Gasteiger partial charge < -0.3 is 4.52 Å². The van der Waals surface area contributed by atoms with Gasteiger partial charge in [0.05, 0.1) is 5.39 Å². The number of hydrogen-bond acceptors (Lipinski definition) is 2. The molecule has 3 rings (SSSR count). The SMILES string of the molecule is [O]c1ccc2c(-c3ccc(Cl)cc3F)noc2c1Cl. The number of benzene rings is 2. The summed E-state index contributed by atoms with van der Waals surface area (Å²) in [7, 11) is 0. The van der Waals surface area contributed by atoms with E-state index in [1.807, 2.05) is 0 Å². The summed E-state index contributed by atoms with van der Waals surface area (Å²) < 4.78 is 18.9. The van der Waals surface area contributed by atoms with Crippen molar-refractivity contribution in [2.24, 2.45) is 0 Å². The van der Waals surface area contributed by atoms with Gasteiger partial charge in [0.25, 0.3) is 0 Å². The highest BCUT2D eigenvalue weighted by Gasteiger charge is 2.18. The first kappa shape index (κ1) is 12.3. The molecule has 19 heavy (non-hydrogen) atoms. The van der Waals surface area contributed by atoms with E-state index in [0.29, 0.717) is 5.39 Å². The van der Waals surface area contributed by atoms with Crippen molar-refractivity contribution in [2.45, 2.75) is 0 Å². The predicted octanol–water partition coefficient (Wildman–Crippen LogP) is 5.08. The average Bonchev–Trinajstić information content (AvgIpc) is 2.78. The first-order valence-corrected chi connectivity index (χ1v) is 6.04. The number of halogens is 3. The van der Waals surface area contributed by atoms with Crippen LogP contribution < -0.4 is 0 Å². The van der Waals surface area contributed by atoms with Gasteiger partial charge >= 0.3 is 0 Å². The third-order valence-electron chi connectivity index (χ3n) is 2.73. The van der Waals surface area contributed by atoms with Crippen molar-refractivity contribution in [2.75, 3.05) is 0 Å². The summed E-state index contributed by atoms with van der Waals surface area (Å²) in [4.78, 5) is 0. The molecule has 0 aliphatic heterocycles. The van der Waals surface area contributed by atoms with Gasteiger partial charge in [0, 0.05) is 10.6 Å². The third-order valence-corrected chi connectivity index (χ3v) is 3.32. The molecule has 0 saturated heterocycles. The van der Waals surface area contributed by atoms with Crippen molar-refractivity contribution in [3.8, 4) is 17.0 Å². The molecule has 6 heteroatoms. The molecule has 3 aromatic rings.